The number of hydrogen-bond donors (Lipinski definition) is 3. The van der Waals surface area contributed by atoms with Crippen molar-refractivity contribution in [1.82, 2.24) is 9.97 Å². The molecule has 0 unspecified atom stereocenters. The molecule has 12 heteroatoms. The fraction of sp³-hybridized carbons (Fsp3) is 0.278. The van der Waals surface area contributed by atoms with E-state index in [2.05, 4.69) is 25.3 Å². The third-order valence-corrected chi connectivity index (χ3v) is 6.86. The SMILES string of the molecule is CCCS(=O)(=O)Nc1ccc(F)c(NC(=O)Nc2ncnc3sc(C)c(C)c23)c1F. The molecule has 0 saturated carbocycles. The minimum Gasteiger partial charge on any atom is -0.302 e. The van der Waals surface area contributed by atoms with E-state index >= 15 is 0 Å². The smallest absolute Gasteiger partial charge is 0.302 e. The van der Waals surface area contributed by atoms with E-state index in [0.29, 0.717) is 16.6 Å². The zero-order valence-corrected chi connectivity index (χ0v) is 18.0. The number of aromatic nitrogens is 2. The van der Waals surface area contributed by atoms with Gasteiger partial charge in [-0.3, -0.25) is 10.0 Å². The van der Waals surface area contributed by atoms with E-state index < -0.39 is 39.1 Å². The third-order valence-electron chi connectivity index (χ3n) is 4.27. The van der Waals surface area contributed by atoms with Crippen molar-refractivity contribution in [2.24, 2.45) is 0 Å². The van der Waals surface area contributed by atoms with Crippen molar-refractivity contribution in [3.8, 4) is 0 Å². The molecule has 0 saturated heterocycles. The van der Waals surface area contributed by atoms with E-state index in [1.54, 1.807) is 6.92 Å². The summed E-state index contributed by atoms with van der Waals surface area (Å²) in [6.45, 7) is 5.41. The number of urea groups is 1. The lowest BCUT2D eigenvalue weighted by Crippen LogP contribution is -2.23. The number of hydrogen-bond acceptors (Lipinski definition) is 6. The average molecular weight is 456 g/mol. The average Bonchev–Trinajstić information content (AvgIpc) is 2.96. The standard InChI is InChI=1S/C18H19F2N5O3S2/c1-4-7-30(27,28)25-12-6-5-11(19)15(14(12)20)23-18(26)24-16-13-9(2)10(3)29-17(13)22-8-21-16/h5-6,8,25H,4,7H2,1-3H3,(H2,21,22,23,24,26). The number of nitrogens with zero attached hydrogens (tertiary/aromatic N) is 2. The van der Waals surface area contributed by atoms with Gasteiger partial charge in [-0.2, -0.15) is 0 Å². The van der Waals surface area contributed by atoms with Crippen LogP contribution in [0.15, 0.2) is 18.5 Å². The minimum absolute atomic E-state index is 0.194. The van der Waals surface area contributed by atoms with Crippen LogP contribution in [0, 0.1) is 25.5 Å². The number of aryl methyl sites for hydroxylation is 2. The molecule has 0 spiro atoms. The van der Waals surface area contributed by atoms with Crippen molar-refractivity contribution >= 4 is 54.8 Å². The van der Waals surface area contributed by atoms with Crippen LogP contribution in [0.3, 0.4) is 0 Å². The van der Waals surface area contributed by atoms with Crippen LogP contribution in [0.5, 0.6) is 0 Å². The van der Waals surface area contributed by atoms with Crippen molar-refractivity contribution in [1.29, 1.82) is 0 Å². The molecule has 2 heterocycles. The highest BCUT2D eigenvalue weighted by Crippen LogP contribution is 2.33. The number of amides is 2. The Labute approximate surface area is 175 Å². The van der Waals surface area contributed by atoms with Crippen LogP contribution in [-0.2, 0) is 10.0 Å². The molecule has 3 rings (SSSR count). The quantitative estimate of drug-likeness (QED) is 0.510. The van der Waals surface area contributed by atoms with Gasteiger partial charge in [-0.25, -0.2) is 32.0 Å². The van der Waals surface area contributed by atoms with E-state index in [-0.39, 0.29) is 11.6 Å². The number of nitrogens with one attached hydrogen (secondary N) is 3. The van der Waals surface area contributed by atoms with Gasteiger partial charge in [0.15, 0.2) is 5.82 Å². The Morgan fingerprint density at radius 3 is 2.60 bits per heavy atom. The first-order chi connectivity index (χ1) is 14.1. The van der Waals surface area contributed by atoms with Gasteiger partial charge in [0.2, 0.25) is 10.0 Å². The Morgan fingerprint density at radius 2 is 1.90 bits per heavy atom. The highest BCUT2D eigenvalue weighted by molar-refractivity contribution is 7.92. The monoisotopic (exact) mass is 455 g/mol. The number of rotatable bonds is 6. The van der Waals surface area contributed by atoms with Gasteiger partial charge < -0.3 is 5.32 Å². The lowest BCUT2D eigenvalue weighted by atomic mass is 10.2. The van der Waals surface area contributed by atoms with E-state index in [1.165, 1.54) is 17.7 Å². The number of carbonyl (C=O) groups is 1. The van der Waals surface area contributed by atoms with E-state index in [4.69, 9.17) is 0 Å². The van der Waals surface area contributed by atoms with Gasteiger partial charge in [0.1, 0.15) is 28.5 Å². The molecule has 2 amide bonds. The molecule has 0 aliphatic carbocycles. The molecule has 1 aromatic carbocycles. The zero-order valence-electron chi connectivity index (χ0n) is 16.3. The van der Waals surface area contributed by atoms with Crippen LogP contribution < -0.4 is 15.4 Å². The minimum atomic E-state index is -3.80. The second-order valence-electron chi connectivity index (χ2n) is 6.47. The highest BCUT2D eigenvalue weighted by atomic mass is 32.2. The first kappa shape index (κ1) is 21.8. The molecule has 0 fully saturated rings. The van der Waals surface area contributed by atoms with Gasteiger partial charge >= 0.3 is 6.03 Å². The number of benzene rings is 1. The van der Waals surface area contributed by atoms with Crippen molar-refractivity contribution in [3.05, 3.63) is 40.5 Å². The third kappa shape index (κ3) is 4.49. The number of fused-ring (bicyclic) bond motifs is 1. The van der Waals surface area contributed by atoms with Crippen LogP contribution in [0.25, 0.3) is 10.2 Å². The van der Waals surface area contributed by atoms with Gasteiger partial charge in [-0.1, -0.05) is 6.92 Å². The van der Waals surface area contributed by atoms with E-state index in [1.807, 2.05) is 13.8 Å². The Hall–Kier alpha value is -2.86. The van der Waals surface area contributed by atoms with Gasteiger partial charge in [0.25, 0.3) is 0 Å². The fourth-order valence-electron chi connectivity index (χ4n) is 2.76. The molecule has 3 N–H and O–H groups in total. The first-order valence-corrected chi connectivity index (χ1v) is 11.4. The van der Waals surface area contributed by atoms with Gasteiger partial charge in [-0.05, 0) is 38.0 Å². The summed E-state index contributed by atoms with van der Waals surface area (Å²) in [6.07, 6.45) is 1.60. The Morgan fingerprint density at radius 1 is 1.17 bits per heavy atom. The molecule has 0 aliphatic heterocycles. The molecular formula is C18H19F2N5O3S2. The fourth-order valence-corrected chi connectivity index (χ4v) is 4.89. The molecule has 3 aromatic rings. The van der Waals surface area contributed by atoms with Crippen LogP contribution in [-0.4, -0.2) is 30.2 Å². The maximum Gasteiger partial charge on any atom is 0.325 e. The van der Waals surface area contributed by atoms with Gasteiger partial charge in [0, 0.05) is 4.88 Å². The normalized spacial score (nSPS) is 11.5. The summed E-state index contributed by atoms with van der Waals surface area (Å²) in [7, 11) is -3.80. The summed E-state index contributed by atoms with van der Waals surface area (Å²) < 4.78 is 54.7. The molecule has 0 atom stereocenters. The molecule has 160 valence electrons. The predicted octanol–water partition coefficient (Wildman–Crippen LogP) is 4.38. The lowest BCUT2D eigenvalue weighted by molar-refractivity contribution is 0.262. The van der Waals surface area contributed by atoms with Crippen LogP contribution in [0.2, 0.25) is 0 Å². The Kier molecular flexibility index (Phi) is 6.17. The molecule has 0 bridgehead atoms. The van der Waals surface area contributed by atoms with Crippen molar-refractivity contribution in [3.63, 3.8) is 0 Å². The van der Waals surface area contributed by atoms with E-state index in [0.717, 1.165) is 22.6 Å². The zero-order chi connectivity index (χ0) is 22.1. The molecule has 8 nitrogen and oxygen atoms in total. The van der Waals surface area contributed by atoms with E-state index in [9.17, 15) is 22.0 Å². The first-order valence-electron chi connectivity index (χ1n) is 8.90. The Balaban J connectivity index is 1.86. The largest absolute Gasteiger partial charge is 0.325 e. The summed E-state index contributed by atoms with van der Waals surface area (Å²) in [5, 5.41) is 5.18. The molecule has 0 aliphatic rings. The summed E-state index contributed by atoms with van der Waals surface area (Å²) in [6, 6.07) is 0.870. The summed E-state index contributed by atoms with van der Waals surface area (Å²) >= 11 is 1.43. The summed E-state index contributed by atoms with van der Waals surface area (Å²) in [5.74, 6) is -2.33. The maximum absolute atomic E-state index is 14.7. The number of sulfonamides is 1. The Bertz CT molecular complexity index is 1230. The maximum atomic E-state index is 14.7. The second-order valence-corrected chi connectivity index (χ2v) is 9.51. The van der Waals surface area contributed by atoms with Gasteiger partial charge in [-0.15, -0.1) is 11.3 Å². The topological polar surface area (TPSA) is 113 Å². The van der Waals surface area contributed by atoms with Crippen molar-refractivity contribution in [2.75, 3.05) is 21.1 Å². The predicted molar refractivity (Wildman–Crippen MR) is 114 cm³/mol. The molecule has 30 heavy (non-hydrogen) atoms. The number of thiophene rings is 1. The number of carbonyl (C=O) groups excluding carboxylic acids is 1. The summed E-state index contributed by atoms with van der Waals surface area (Å²) in [4.78, 5) is 22.3. The summed E-state index contributed by atoms with van der Waals surface area (Å²) in [5.41, 5.74) is -0.364. The van der Waals surface area contributed by atoms with Crippen molar-refractivity contribution in [2.45, 2.75) is 27.2 Å². The number of halogens is 2. The number of anilines is 3. The van der Waals surface area contributed by atoms with Crippen molar-refractivity contribution < 1.29 is 22.0 Å². The second kappa shape index (κ2) is 8.48. The lowest BCUT2D eigenvalue weighted by Gasteiger charge is -2.13. The highest BCUT2D eigenvalue weighted by Gasteiger charge is 2.20. The van der Waals surface area contributed by atoms with Crippen LogP contribution >= 0.6 is 11.3 Å². The van der Waals surface area contributed by atoms with Crippen LogP contribution in [0.1, 0.15) is 23.8 Å². The van der Waals surface area contributed by atoms with Crippen LogP contribution in [0.4, 0.5) is 30.8 Å². The molecule has 0 radical (unpaired) electrons. The molecule has 2 aromatic heterocycles. The molecular weight excluding hydrogens is 436 g/mol. The van der Waals surface area contributed by atoms with Gasteiger partial charge in [0.05, 0.1) is 16.8 Å².